The van der Waals surface area contributed by atoms with E-state index < -0.39 is 36.9 Å². The van der Waals surface area contributed by atoms with Crippen molar-refractivity contribution in [3.8, 4) is 0 Å². The molecule has 45 heavy (non-hydrogen) atoms. The summed E-state index contributed by atoms with van der Waals surface area (Å²) in [7, 11) is 0. The van der Waals surface area contributed by atoms with Crippen LogP contribution in [0.4, 0.5) is 0 Å². The third-order valence-electron chi connectivity index (χ3n) is 9.57. The lowest BCUT2D eigenvalue weighted by molar-refractivity contribution is -0.132. The average molecular weight is 642 g/mol. The summed E-state index contributed by atoms with van der Waals surface area (Å²) in [4.78, 5) is 12.5. The molecule has 0 fully saturated rings. The van der Waals surface area contributed by atoms with E-state index in [2.05, 4.69) is 19.2 Å². The van der Waals surface area contributed by atoms with Crippen LogP contribution in [0.1, 0.15) is 213 Å². The molecule has 0 aliphatic carbocycles. The van der Waals surface area contributed by atoms with Gasteiger partial charge in [0.25, 0.3) is 0 Å². The third kappa shape index (κ3) is 29.2. The molecule has 0 aliphatic rings. The van der Waals surface area contributed by atoms with E-state index in [4.69, 9.17) is 0 Å². The topological polar surface area (TPSA) is 110 Å². The Kier molecular flexibility index (Phi) is 34.1. The van der Waals surface area contributed by atoms with E-state index in [0.717, 1.165) is 38.5 Å². The second kappa shape index (κ2) is 34.6. The molecule has 0 aromatic heterocycles. The van der Waals surface area contributed by atoms with E-state index in [9.17, 15) is 25.2 Å². The second-order valence-corrected chi connectivity index (χ2v) is 14.0. The van der Waals surface area contributed by atoms with Crippen LogP contribution in [0.5, 0.6) is 0 Å². The van der Waals surface area contributed by atoms with Crippen molar-refractivity contribution < 1.29 is 25.2 Å². The quantitative estimate of drug-likeness (QED) is 0.0438. The summed E-state index contributed by atoms with van der Waals surface area (Å²) in [5.74, 6) is -0.581. The van der Waals surface area contributed by atoms with Crippen LogP contribution in [0.25, 0.3) is 0 Å². The lowest BCUT2D eigenvalue weighted by atomic mass is 9.99. The second-order valence-electron chi connectivity index (χ2n) is 14.0. The molecule has 0 radical (unpaired) electrons. The molecule has 0 aromatic rings. The van der Waals surface area contributed by atoms with Gasteiger partial charge in [0.15, 0.2) is 0 Å². The van der Waals surface area contributed by atoms with Gasteiger partial charge in [0.1, 0.15) is 12.2 Å². The number of aliphatic hydroxyl groups is 4. The first kappa shape index (κ1) is 44.3. The Morgan fingerprint density at radius 1 is 0.467 bits per heavy atom. The molecule has 0 saturated carbocycles. The molecule has 0 saturated heterocycles. The van der Waals surface area contributed by atoms with Crippen LogP contribution >= 0.6 is 0 Å². The van der Waals surface area contributed by atoms with Crippen LogP contribution in [0.15, 0.2) is 0 Å². The zero-order chi connectivity index (χ0) is 33.2. The van der Waals surface area contributed by atoms with Crippen molar-refractivity contribution in [1.29, 1.82) is 0 Å². The molecule has 0 bridgehead atoms. The minimum absolute atomic E-state index is 0.375. The molecule has 270 valence electrons. The van der Waals surface area contributed by atoms with E-state index in [1.165, 1.54) is 148 Å². The molecule has 1 unspecified atom stereocenters. The van der Waals surface area contributed by atoms with Gasteiger partial charge in [0.05, 0.1) is 18.8 Å². The molecule has 0 aromatic carbocycles. The van der Waals surface area contributed by atoms with Gasteiger partial charge in [0, 0.05) is 0 Å². The Balaban J connectivity index is 3.74. The first-order valence-corrected chi connectivity index (χ1v) is 19.9. The predicted molar refractivity (Wildman–Crippen MR) is 192 cm³/mol. The van der Waals surface area contributed by atoms with Gasteiger partial charge in [0.2, 0.25) is 5.91 Å². The molecule has 6 heteroatoms. The minimum atomic E-state index is -1.25. The summed E-state index contributed by atoms with van der Waals surface area (Å²) in [6.45, 7) is 4.04. The number of rotatable bonds is 36. The summed E-state index contributed by atoms with van der Waals surface area (Å²) in [6, 6.07) is -0.977. The van der Waals surface area contributed by atoms with Crippen LogP contribution in [-0.2, 0) is 4.79 Å². The van der Waals surface area contributed by atoms with Crippen molar-refractivity contribution in [1.82, 2.24) is 5.32 Å². The third-order valence-corrected chi connectivity index (χ3v) is 9.57. The van der Waals surface area contributed by atoms with E-state index in [0.29, 0.717) is 12.8 Å². The van der Waals surface area contributed by atoms with Gasteiger partial charge in [-0.15, -0.1) is 0 Å². The summed E-state index contributed by atoms with van der Waals surface area (Å²) in [5, 5.41) is 43.5. The van der Waals surface area contributed by atoms with Crippen LogP contribution in [0.2, 0.25) is 0 Å². The van der Waals surface area contributed by atoms with Crippen LogP contribution in [0, 0.1) is 0 Å². The smallest absolute Gasteiger partial charge is 0.249 e. The van der Waals surface area contributed by atoms with Crippen molar-refractivity contribution in [2.75, 3.05) is 6.61 Å². The highest BCUT2D eigenvalue weighted by Gasteiger charge is 2.28. The monoisotopic (exact) mass is 642 g/mol. The summed E-state index contributed by atoms with van der Waals surface area (Å²) < 4.78 is 0. The molecular weight excluding hydrogens is 562 g/mol. The van der Waals surface area contributed by atoms with Gasteiger partial charge in [-0.3, -0.25) is 4.79 Å². The summed E-state index contributed by atoms with van der Waals surface area (Å²) in [5.41, 5.74) is 0. The lowest BCUT2D eigenvalue weighted by Crippen LogP contribution is -2.53. The number of unbranched alkanes of at least 4 members (excludes halogenated alkanes) is 27. The number of aliphatic hydroxyl groups excluding tert-OH is 4. The highest BCUT2D eigenvalue weighted by Crippen LogP contribution is 2.16. The highest BCUT2D eigenvalue weighted by atomic mass is 16.3. The summed E-state index contributed by atoms with van der Waals surface area (Å²) in [6.07, 6.45) is 34.1. The standard InChI is InChI=1S/C39H79NO5/c1-3-5-7-9-11-13-15-17-18-19-20-21-23-25-27-29-31-33-37(43)39(45)40-35(34-41)38(44)36(42)32-30-28-26-24-22-16-14-12-10-8-6-4-2/h35-38,41-44H,3-34H2,1-2H3,(H,40,45)/t35-,36?,37-,38+/m1/s1. The van der Waals surface area contributed by atoms with Gasteiger partial charge < -0.3 is 25.7 Å². The van der Waals surface area contributed by atoms with Crippen molar-refractivity contribution in [3.05, 3.63) is 0 Å². The zero-order valence-electron chi connectivity index (χ0n) is 30.1. The predicted octanol–water partition coefficient (Wildman–Crippen LogP) is 9.68. The maximum Gasteiger partial charge on any atom is 0.249 e. The Hall–Kier alpha value is -0.690. The Morgan fingerprint density at radius 3 is 1.07 bits per heavy atom. The Labute approximate surface area is 279 Å². The number of carbonyl (C=O) groups excluding carboxylic acids is 1. The maximum absolute atomic E-state index is 12.5. The molecule has 5 N–H and O–H groups in total. The van der Waals surface area contributed by atoms with Gasteiger partial charge in [-0.2, -0.15) is 0 Å². The molecule has 1 amide bonds. The molecule has 0 aliphatic heterocycles. The number of nitrogens with one attached hydrogen (secondary N) is 1. The van der Waals surface area contributed by atoms with Gasteiger partial charge >= 0.3 is 0 Å². The van der Waals surface area contributed by atoms with E-state index in [-0.39, 0.29) is 0 Å². The molecule has 6 nitrogen and oxygen atoms in total. The van der Waals surface area contributed by atoms with Gasteiger partial charge in [-0.1, -0.05) is 200 Å². The highest BCUT2D eigenvalue weighted by molar-refractivity contribution is 5.80. The van der Waals surface area contributed by atoms with Crippen LogP contribution in [-0.4, -0.2) is 57.3 Å². The number of carbonyl (C=O) groups is 1. The minimum Gasteiger partial charge on any atom is -0.394 e. The van der Waals surface area contributed by atoms with Crippen molar-refractivity contribution in [2.45, 2.75) is 237 Å². The normalized spacial score (nSPS) is 14.4. The van der Waals surface area contributed by atoms with Crippen molar-refractivity contribution in [3.63, 3.8) is 0 Å². The molecule has 0 heterocycles. The van der Waals surface area contributed by atoms with Crippen LogP contribution in [0.3, 0.4) is 0 Å². The first-order chi connectivity index (χ1) is 22.0. The van der Waals surface area contributed by atoms with Crippen molar-refractivity contribution in [2.24, 2.45) is 0 Å². The van der Waals surface area contributed by atoms with Gasteiger partial charge in [-0.05, 0) is 12.8 Å². The Bertz CT molecular complexity index is 604. The lowest BCUT2D eigenvalue weighted by Gasteiger charge is -2.27. The number of hydrogen-bond donors (Lipinski definition) is 5. The Morgan fingerprint density at radius 2 is 0.756 bits per heavy atom. The van der Waals surface area contributed by atoms with Crippen molar-refractivity contribution >= 4 is 5.91 Å². The average Bonchev–Trinajstić information content (AvgIpc) is 3.04. The zero-order valence-corrected chi connectivity index (χ0v) is 30.1. The summed E-state index contributed by atoms with van der Waals surface area (Å²) >= 11 is 0. The molecular formula is C39H79NO5. The van der Waals surface area contributed by atoms with E-state index in [1.54, 1.807) is 0 Å². The maximum atomic E-state index is 12.5. The number of hydrogen-bond acceptors (Lipinski definition) is 5. The molecule has 4 atom stereocenters. The fourth-order valence-corrected chi connectivity index (χ4v) is 6.34. The van der Waals surface area contributed by atoms with E-state index >= 15 is 0 Å². The van der Waals surface area contributed by atoms with E-state index in [1.807, 2.05) is 0 Å². The number of amides is 1. The van der Waals surface area contributed by atoms with Gasteiger partial charge in [-0.25, -0.2) is 0 Å². The fraction of sp³-hybridized carbons (Fsp3) is 0.974. The molecule has 0 spiro atoms. The fourth-order valence-electron chi connectivity index (χ4n) is 6.34. The molecule has 0 rings (SSSR count). The first-order valence-electron chi connectivity index (χ1n) is 19.9. The largest absolute Gasteiger partial charge is 0.394 e. The SMILES string of the molecule is CCCCCCCCCCCCCCCCCCC[C@@H](O)C(=O)N[C@H](CO)[C@H](O)C(O)CCCCCCCCCCCCCC. The van der Waals surface area contributed by atoms with Crippen LogP contribution < -0.4 is 5.32 Å².